The van der Waals surface area contributed by atoms with Crippen LogP contribution in [-0.4, -0.2) is 38.6 Å². The van der Waals surface area contributed by atoms with Crippen LogP contribution in [0.15, 0.2) is 45.6 Å². The second-order valence-corrected chi connectivity index (χ2v) is 8.90. The van der Waals surface area contributed by atoms with Crippen molar-refractivity contribution < 1.29 is 27.1 Å². The highest BCUT2D eigenvalue weighted by molar-refractivity contribution is 7.90. The van der Waals surface area contributed by atoms with E-state index < -0.39 is 27.7 Å². The van der Waals surface area contributed by atoms with Gasteiger partial charge in [-0.1, -0.05) is 24.3 Å². The molecule has 0 saturated heterocycles. The first-order valence-electron chi connectivity index (χ1n) is 9.76. The number of nitrogens with zero attached hydrogens (tertiary/aromatic N) is 1. The summed E-state index contributed by atoms with van der Waals surface area (Å²) in [6.45, 7) is 0.0642. The maximum Gasteiger partial charge on any atom is 0.407 e. The van der Waals surface area contributed by atoms with Gasteiger partial charge in [-0.25, -0.2) is 18.7 Å². The number of fused-ring (bicyclic) bond motifs is 1. The molecule has 0 bridgehead atoms. The van der Waals surface area contributed by atoms with E-state index in [-0.39, 0.29) is 41.9 Å². The topological polar surface area (TPSA) is 155 Å². The van der Waals surface area contributed by atoms with Gasteiger partial charge < -0.3 is 20.2 Å². The molecule has 0 saturated carbocycles. The minimum absolute atomic E-state index is 0.0283. The molecular weight excluding hydrogens is 455 g/mol. The average molecular weight is 479 g/mol. The van der Waals surface area contributed by atoms with E-state index in [2.05, 4.69) is 4.72 Å². The summed E-state index contributed by atoms with van der Waals surface area (Å²) in [7, 11) is -1.34. The summed E-state index contributed by atoms with van der Waals surface area (Å²) in [6.07, 6.45) is -1.27. The zero-order valence-corrected chi connectivity index (χ0v) is 18.7. The van der Waals surface area contributed by atoms with Gasteiger partial charge in [-0.15, -0.1) is 0 Å². The fourth-order valence-corrected chi connectivity index (χ4v) is 3.93. The Morgan fingerprint density at radius 2 is 1.97 bits per heavy atom. The van der Waals surface area contributed by atoms with E-state index in [0.717, 1.165) is 4.90 Å². The second kappa shape index (κ2) is 9.57. The minimum atomic E-state index is -3.93. The molecule has 0 aliphatic carbocycles. The zero-order chi connectivity index (χ0) is 24.3. The van der Waals surface area contributed by atoms with Gasteiger partial charge in [0.1, 0.15) is 5.58 Å². The van der Waals surface area contributed by atoms with E-state index in [1.807, 2.05) is 4.72 Å². The summed E-state index contributed by atoms with van der Waals surface area (Å²) in [5, 5.41) is 9.58. The lowest BCUT2D eigenvalue weighted by Crippen LogP contribution is -2.27. The van der Waals surface area contributed by atoms with Crippen molar-refractivity contribution >= 4 is 33.0 Å². The van der Waals surface area contributed by atoms with Crippen LogP contribution < -0.4 is 20.8 Å². The van der Waals surface area contributed by atoms with Crippen molar-refractivity contribution in [3.63, 3.8) is 0 Å². The lowest BCUT2D eigenvalue weighted by molar-refractivity contribution is 0.153. The molecule has 0 aliphatic rings. The van der Waals surface area contributed by atoms with Gasteiger partial charge in [0.15, 0.2) is 5.82 Å². The van der Waals surface area contributed by atoms with Gasteiger partial charge in [-0.2, -0.15) is 8.42 Å². The number of rotatable bonds is 8. The van der Waals surface area contributed by atoms with Crippen LogP contribution in [0.25, 0.3) is 11.0 Å². The lowest BCUT2D eigenvalue weighted by atomic mass is 9.97. The quantitative estimate of drug-likeness (QED) is 0.361. The molecule has 12 heteroatoms. The summed E-state index contributed by atoms with van der Waals surface area (Å²) in [6, 6.07) is 9.08. The Balaban J connectivity index is 2.03. The molecule has 10 nitrogen and oxygen atoms in total. The average Bonchev–Trinajstić information content (AvgIpc) is 2.76. The molecule has 0 radical (unpaired) electrons. The van der Waals surface area contributed by atoms with Gasteiger partial charge in [-0.3, -0.25) is 4.72 Å². The zero-order valence-electron chi connectivity index (χ0n) is 17.9. The highest BCUT2D eigenvalue weighted by Crippen LogP contribution is 2.26. The summed E-state index contributed by atoms with van der Waals surface area (Å²) < 4.78 is 48.0. The third-order valence-corrected chi connectivity index (χ3v) is 6.12. The molecule has 33 heavy (non-hydrogen) atoms. The molecule has 0 atom stereocenters. The van der Waals surface area contributed by atoms with E-state index >= 15 is 0 Å². The molecule has 0 fully saturated rings. The lowest BCUT2D eigenvalue weighted by Gasteiger charge is -2.15. The van der Waals surface area contributed by atoms with E-state index in [9.17, 15) is 22.4 Å². The molecule has 3 aromatic rings. The highest BCUT2D eigenvalue weighted by Gasteiger charge is 2.19. The summed E-state index contributed by atoms with van der Waals surface area (Å²) in [5.74, 6) is -0.828. The van der Waals surface area contributed by atoms with Gasteiger partial charge in [-0.05, 0) is 28.8 Å². The molecule has 0 spiro atoms. The Bertz CT molecular complexity index is 1370. The van der Waals surface area contributed by atoms with Crippen molar-refractivity contribution in [2.75, 3.05) is 18.8 Å². The summed E-state index contributed by atoms with van der Waals surface area (Å²) in [4.78, 5) is 24.9. The van der Waals surface area contributed by atoms with E-state index in [1.54, 1.807) is 18.2 Å². The molecule has 1 amide bonds. The van der Waals surface area contributed by atoms with Crippen molar-refractivity contribution in [2.45, 2.75) is 19.5 Å². The Kier molecular flexibility index (Phi) is 7.01. The minimum Gasteiger partial charge on any atom is -0.465 e. The number of amides is 1. The van der Waals surface area contributed by atoms with Gasteiger partial charge in [0.2, 0.25) is 0 Å². The third kappa shape index (κ3) is 5.30. The summed E-state index contributed by atoms with van der Waals surface area (Å²) in [5.41, 5.74) is 6.45. The second-order valence-electron chi connectivity index (χ2n) is 7.28. The first-order chi connectivity index (χ1) is 15.6. The molecule has 2 aromatic carbocycles. The van der Waals surface area contributed by atoms with Crippen LogP contribution in [0.3, 0.4) is 0 Å². The molecule has 3 rings (SSSR count). The van der Waals surface area contributed by atoms with Crippen LogP contribution in [0, 0.1) is 5.82 Å². The van der Waals surface area contributed by atoms with Crippen molar-refractivity contribution in [2.24, 2.45) is 5.73 Å². The fraction of sp³-hybridized carbons (Fsp3) is 0.238. The van der Waals surface area contributed by atoms with Crippen LogP contribution in [0.4, 0.5) is 14.9 Å². The van der Waals surface area contributed by atoms with Crippen molar-refractivity contribution in [3.05, 3.63) is 74.9 Å². The van der Waals surface area contributed by atoms with E-state index in [1.165, 1.54) is 32.3 Å². The van der Waals surface area contributed by atoms with Gasteiger partial charge in [0.05, 0.1) is 5.69 Å². The number of halogens is 1. The number of nitrogens with two attached hydrogens (primary N) is 1. The smallest absolute Gasteiger partial charge is 0.407 e. The Morgan fingerprint density at radius 3 is 2.61 bits per heavy atom. The van der Waals surface area contributed by atoms with Crippen molar-refractivity contribution in [1.29, 1.82) is 0 Å². The van der Waals surface area contributed by atoms with Crippen molar-refractivity contribution in [1.82, 2.24) is 9.62 Å². The monoisotopic (exact) mass is 478 g/mol. The highest BCUT2D eigenvalue weighted by atomic mass is 32.2. The van der Waals surface area contributed by atoms with Crippen LogP contribution in [0.5, 0.6) is 0 Å². The molecule has 1 heterocycles. The Morgan fingerprint density at radius 1 is 1.24 bits per heavy atom. The largest absolute Gasteiger partial charge is 0.465 e. The third-order valence-electron chi connectivity index (χ3n) is 5.09. The van der Waals surface area contributed by atoms with Gasteiger partial charge in [0.25, 0.3) is 10.2 Å². The molecule has 1 aromatic heterocycles. The first-order valence-corrected chi connectivity index (χ1v) is 11.2. The van der Waals surface area contributed by atoms with Gasteiger partial charge >= 0.3 is 11.7 Å². The van der Waals surface area contributed by atoms with Crippen molar-refractivity contribution in [3.8, 4) is 0 Å². The molecular formula is C21H23FN4O6S. The first kappa shape index (κ1) is 24.2. The number of hydrogen-bond acceptors (Lipinski definition) is 6. The maximum absolute atomic E-state index is 15.0. The normalized spacial score (nSPS) is 11.5. The van der Waals surface area contributed by atoms with Crippen LogP contribution in [-0.2, 0) is 29.7 Å². The number of carboxylic acid groups (broad SMARTS) is 1. The van der Waals surface area contributed by atoms with E-state index in [0.29, 0.717) is 16.5 Å². The Hall–Kier alpha value is -3.48. The van der Waals surface area contributed by atoms with Crippen LogP contribution in [0.2, 0.25) is 0 Å². The predicted molar refractivity (Wildman–Crippen MR) is 121 cm³/mol. The number of carbonyl (C=O) groups is 1. The Labute approximate surface area is 189 Å². The van der Waals surface area contributed by atoms with Gasteiger partial charge in [0, 0.05) is 44.6 Å². The molecule has 176 valence electrons. The van der Waals surface area contributed by atoms with E-state index in [4.69, 9.17) is 15.3 Å². The fourth-order valence-electron chi connectivity index (χ4n) is 3.38. The SMILES string of the molecule is CNS(=O)(=O)Nc1cccc(Cc2c(CN)c3ccc(CN(C)C(=O)O)cc3oc2=O)c1F. The summed E-state index contributed by atoms with van der Waals surface area (Å²) >= 11 is 0. The predicted octanol–water partition coefficient (Wildman–Crippen LogP) is 1.97. The van der Waals surface area contributed by atoms with Crippen LogP contribution in [0.1, 0.15) is 22.3 Å². The maximum atomic E-state index is 15.0. The number of hydrogen-bond donors (Lipinski definition) is 4. The molecule has 5 N–H and O–H groups in total. The van der Waals surface area contributed by atoms with Crippen LogP contribution >= 0.6 is 0 Å². The molecule has 0 unspecified atom stereocenters. The number of benzene rings is 2. The number of nitrogens with one attached hydrogen (secondary N) is 2. The molecule has 0 aliphatic heterocycles. The number of anilines is 1. The standard InChI is InChI=1S/C21H23FN4O6S/c1-24-33(30,31)25-17-5-3-4-13(19(17)22)9-15-16(10-23)14-7-6-12(11-26(2)21(28)29)8-18(14)32-20(15)27/h3-8,24-25H,9-11,23H2,1-2H3,(H,28,29).